The van der Waals surface area contributed by atoms with Crippen LogP contribution in [-0.4, -0.2) is 23.5 Å². The summed E-state index contributed by atoms with van der Waals surface area (Å²) in [6.07, 6.45) is 1.87. The highest BCUT2D eigenvalue weighted by Crippen LogP contribution is 2.23. The lowest BCUT2D eigenvalue weighted by atomic mass is 10.1. The predicted octanol–water partition coefficient (Wildman–Crippen LogP) is 1.87. The molecule has 2 aromatic rings. The molecule has 1 aromatic carbocycles. The molecule has 21 heavy (non-hydrogen) atoms. The van der Waals surface area contributed by atoms with E-state index in [1.807, 2.05) is 48.5 Å². The quantitative estimate of drug-likeness (QED) is 0.929. The van der Waals surface area contributed by atoms with Crippen LogP contribution >= 0.6 is 0 Å². The Bertz CT molecular complexity index is 641. The van der Waals surface area contributed by atoms with E-state index in [0.29, 0.717) is 6.54 Å². The molecule has 0 saturated heterocycles. The Labute approximate surface area is 122 Å². The maximum absolute atomic E-state index is 11.9. The largest absolute Gasteiger partial charge is 0.446 e. The topological polar surface area (TPSA) is 63.6 Å². The maximum Gasteiger partial charge on any atom is 0.296 e. The van der Waals surface area contributed by atoms with Crippen molar-refractivity contribution in [3.05, 3.63) is 66.0 Å². The zero-order valence-electron chi connectivity index (χ0n) is 11.4. The summed E-state index contributed by atoms with van der Waals surface area (Å²) in [5.74, 6) is -0.276. The van der Waals surface area contributed by atoms with Crippen LogP contribution in [0.5, 0.6) is 0 Å². The van der Waals surface area contributed by atoms with E-state index in [1.165, 1.54) is 0 Å². The van der Waals surface area contributed by atoms with Gasteiger partial charge in [-0.3, -0.25) is 9.78 Å². The first-order valence-electron chi connectivity index (χ1n) is 6.81. The fourth-order valence-electron chi connectivity index (χ4n) is 2.11. The van der Waals surface area contributed by atoms with E-state index in [4.69, 9.17) is 4.74 Å². The fourth-order valence-corrected chi connectivity index (χ4v) is 2.11. The van der Waals surface area contributed by atoms with Gasteiger partial charge in [0.15, 0.2) is 0 Å². The second-order valence-corrected chi connectivity index (χ2v) is 4.66. The second-order valence-electron chi connectivity index (χ2n) is 4.66. The summed E-state index contributed by atoms with van der Waals surface area (Å²) in [5.41, 5.74) is 1.79. The molecule has 0 bridgehead atoms. The number of aliphatic imine (C=N–C) groups is 1. The standard InChI is InChI=1S/C16H15N3O2/c20-15-14(12-6-2-1-3-7-12)21-16(19-15)18-11-9-13-8-4-5-10-17-13/h1-8,10,14H,9,11H2,(H,18,19,20). The first kappa shape index (κ1) is 13.3. The molecule has 1 amide bonds. The lowest BCUT2D eigenvalue weighted by Crippen LogP contribution is -2.26. The van der Waals surface area contributed by atoms with Crippen molar-refractivity contribution in [2.24, 2.45) is 4.99 Å². The van der Waals surface area contributed by atoms with Gasteiger partial charge in [-0.15, -0.1) is 0 Å². The first-order chi connectivity index (χ1) is 10.3. The molecule has 0 radical (unpaired) electrons. The first-order valence-corrected chi connectivity index (χ1v) is 6.81. The van der Waals surface area contributed by atoms with Crippen LogP contribution in [-0.2, 0) is 16.0 Å². The third-order valence-corrected chi connectivity index (χ3v) is 3.15. The number of carbonyl (C=O) groups excluding carboxylic acids is 1. The summed E-state index contributed by atoms with van der Waals surface area (Å²) in [7, 11) is 0. The minimum absolute atomic E-state index is 0.276. The molecule has 1 unspecified atom stereocenters. The van der Waals surface area contributed by atoms with Gasteiger partial charge >= 0.3 is 0 Å². The molecule has 1 N–H and O–H groups in total. The van der Waals surface area contributed by atoms with Crippen LogP contribution in [0.25, 0.3) is 0 Å². The van der Waals surface area contributed by atoms with Gasteiger partial charge in [0.25, 0.3) is 11.9 Å². The number of rotatable bonds is 4. The van der Waals surface area contributed by atoms with Gasteiger partial charge in [0.1, 0.15) is 0 Å². The number of pyridine rings is 1. The Balaban J connectivity index is 1.54. The van der Waals surface area contributed by atoms with E-state index < -0.39 is 6.10 Å². The molecule has 0 saturated carbocycles. The number of hydrogen-bond acceptors (Lipinski definition) is 4. The third kappa shape index (κ3) is 3.25. The highest BCUT2D eigenvalue weighted by Gasteiger charge is 2.30. The van der Waals surface area contributed by atoms with E-state index in [0.717, 1.165) is 17.7 Å². The van der Waals surface area contributed by atoms with Gasteiger partial charge in [0.05, 0.1) is 0 Å². The summed E-state index contributed by atoms with van der Waals surface area (Å²) in [6.45, 7) is 0.616. The van der Waals surface area contributed by atoms with E-state index in [-0.39, 0.29) is 11.9 Å². The summed E-state index contributed by atoms with van der Waals surface area (Å²) < 4.78 is 5.57. The zero-order valence-corrected chi connectivity index (χ0v) is 11.4. The monoisotopic (exact) mass is 281 g/mol. The molecule has 5 nitrogen and oxygen atoms in total. The van der Waals surface area contributed by atoms with Crippen LogP contribution in [0.2, 0.25) is 0 Å². The van der Waals surface area contributed by atoms with Crippen molar-refractivity contribution in [1.82, 2.24) is 10.3 Å². The van der Waals surface area contributed by atoms with Gasteiger partial charge in [-0.1, -0.05) is 36.4 Å². The van der Waals surface area contributed by atoms with Crippen LogP contribution in [0.4, 0.5) is 0 Å². The number of amides is 1. The summed E-state index contributed by atoms with van der Waals surface area (Å²) in [4.78, 5) is 20.0. The third-order valence-electron chi connectivity index (χ3n) is 3.15. The Hall–Kier alpha value is -2.69. The molecule has 3 rings (SSSR count). The molecule has 106 valence electrons. The Morgan fingerprint density at radius 1 is 1.10 bits per heavy atom. The van der Waals surface area contributed by atoms with Gasteiger partial charge in [0, 0.05) is 30.4 Å². The summed E-state index contributed by atoms with van der Waals surface area (Å²) in [6, 6.07) is 15.4. The molecule has 0 fully saturated rings. The van der Waals surface area contributed by atoms with Crippen LogP contribution in [0.3, 0.4) is 0 Å². The van der Waals surface area contributed by atoms with Crippen LogP contribution in [0.15, 0.2) is 59.7 Å². The average Bonchev–Trinajstić information content (AvgIpc) is 2.90. The maximum atomic E-state index is 11.9. The van der Waals surface area contributed by atoms with E-state index in [2.05, 4.69) is 15.3 Å². The number of hydrogen-bond donors (Lipinski definition) is 1. The molecule has 0 aliphatic carbocycles. The van der Waals surface area contributed by atoms with Crippen molar-refractivity contribution in [2.75, 3.05) is 6.54 Å². The van der Waals surface area contributed by atoms with Gasteiger partial charge < -0.3 is 10.1 Å². The summed E-state index contributed by atoms with van der Waals surface area (Å²) >= 11 is 0. The van der Waals surface area contributed by atoms with Crippen molar-refractivity contribution in [3.63, 3.8) is 0 Å². The molecule has 2 heterocycles. The second kappa shape index (κ2) is 6.17. The molecule has 1 atom stereocenters. The number of aromatic nitrogens is 1. The van der Waals surface area contributed by atoms with Gasteiger partial charge in [0.2, 0.25) is 6.10 Å². The molecular formula is C16H15N3O2. The van der Waals surface area contributed by atoms with Gasteiger partial charge in [-0.05, 0) is 12.1 Å². The van der Waals surface area contributed by atoms with Crippen molar-refractivity contribution < 1.29 is 9.53 Å². The van der Waals surface area contributed by atoms with E-state index in [1.54, 1.807) is 6.20 Å². The number of amidine groups is 1. The Kier molecular flexibility index (Phi) is 3.91. The van der Waals surface area contributed by atoms with Crippen LogP contribution < -0.4 is 5.32 Å². The SMILES string of the molecule is O=C1N=C(NCCc2ccccn2)OC1c1ccccc1. The number of nitrogens with one attached hydrogen (secondary N) is 1. The van der Waals surface area contributed by atoms with Crippen LogP contribution in [0.1, 0.15) is 17.4 Å². The molecule has 1 aromatic heterocycles. The average molecular weight is 281 g/mol. The highest BCUT2D eigenvalue weighted by atomic mass is 16.5. The lowest BCUT2D eigenvalue weighted by Gasteiger charge is -2.10. The molecule has 0 spiro atoms. The fraction of sp³-hybridized carbons (Fsp3) is 0.188. The highest BCUT2D eigenvalue weighted by molar-refractivity contribution is 5.99. The summed E-state index contributed by atoms with van der Waals surface area (Å²) in [5, 5.41) is 3.03. The Morgan fingerprint density at radius 3 is 2.67 bits per heavy atom. The van der Waals surface area contributed by atoms with Crippen molar-refractivity contribution in [2.45, 2.75) is 12.5 Å². The lowest BCUT2D eigenvalue weighted by molar-refractivity contribution is -0.122. The number of nitrogens with zero attached hydrogens (tertiary/aromatic N) is 2. The molecule has 1 aliphatic rings. The van der Waals surface area contributed by atoms with E-state index >= 15 is 0 Å². The Morgan fingerprint density at radius 2 is 1.90 bits per heavy atom. The molecular weight excluding hydrogens is 266 g/mol. The number of carbonyl (C=O) groups is 1. The minimum atomic E-state index is -0.636. The minimum Gasteiger partial charge on any atom is -0.446 e. The molecule has 5 heteroatoms. The van der Waals surface area contributed by atoms with Gasteiger partial charge in [-0.25, -0.2) is 0 Å². The predicted molar refractivity (Wildman–Crippen MR) is 78.7 cm³/mol. The van der Waals surface area contributed by atoms with E-state index in [9.17, 15) is 4.79 Å². The van der Waals surface area contributed by atoms with Crippen molar-refractivity contribution in [3.8, 4) is 0 Å². The normalized spacial score (nSPS) is 17.2. The molecule has 1 aliphatic heterocycles. The number of benzene rings is 1. The van der Waals surface area contributed by atoms with Crippen molar-refractivity contribution >= 4 is 11.9 Å². The smallest absolute Gasteiger partial charge is 0.296 e. The van der Waals surface area contributed by atoms with Gasteiger partial charge in [-0.2, -0.15) is 4.99 Å². The zero-order chi connectivity index (χ0) is 14.5. The van der Waals surface area contributed by atoms with Crippen molar-refractivity contribution in [1.29, 1.82) is 0 Å². The number of ether oxygens (including phenoxy) is 1. The van der Waals surface area contributed by atoms with Crippen LogP contribution in [0, 0.1) is 0 Å².